The highest BCUT2D eigenvalue weighted by atomic mass is 16.5. The summed E-state index contributed by atoms with van der Waals surface area (Å²) in [5.41, 5.74) is 4.04. The Kier molecular flexibility index (Phi) is 12.6. The standard InChI is InChI=1S/C35H44N2O4/c1-4-7-12-27-18-20-28(21-19-27)13-8-9-24-41-33-17-11-15-30(37-33)23-22-29-14-10-16-31(25-29)36-32(38)26-35(5-2,6-3)34(39)40/h10-11,14-23,25H,4-9,12-13,24,26H2,1-3H3,(H,36,38)(H,39,40)/b23-22+. The second-order valence-corrected chi connectivity index (χ2v) is 10.6. The van der Waals surface area contributed by atoms with Gasteiger partial charge in [-0.25, -0.2) is 4.98 Å². The number of rotatable bonds is 17. The first-order valence-corrected chi connectivity index (χ1v) is 14.9. The molecule has 3 aromatic rings. The number of hydrogen-bond acceptors (Lipinski definition) is 4. The summed E-state index contributed by atoms with van der Waals surface area (Å²) >= 11 is 0. The number of carboxylic acids is 1. The minimum atomic E-state index is -1.04. The molecule has 0 radical (unpaired) electrons. The van der Waals surface area contributed by atoms with Crippen molar-refractivity contribution in [3.63, 3.8) is 0 Å². The zero-order valence-electron chi connectivity index (χ0n) is 24.7. The molecular formula is C35H44N2O4. The average molecular weight is 557 g/mol. The van der Waals surface area contributed by atoms with Crippen molar-refractivity contribution in [2.45, 2.75) is 78.6 Å². The van der Waals surface area contributed by atoms with E-state index < -0.39 is 11.4 Å². The van der Waals surface area contributed by atoms with Crippen molar-refractivity contribution >= 4 is 29.7 Å². The number of anilines is 1. The Bertz CT molecular complexity index is 1280. The molecule has 0 unspecified atom stereocenters. The van der Waals surface area contributed by atoms with Crippen LogP contribution in [0.1, 0.15) is 88.1 Å². The quantitative estimate of drug-likeness (QED) is 0.164. The van der Waals surface area contributed by atoms with E-state index in [1.54, 1.807) is 19.9 Å². The fraction of sp³-hybridized carbons (Fsp3) is 0.400. The SMILES string of the molecule is CCCCc1ccc(CCCCOc2cccc(/C=C/c3cccc(NC(=O)CC(CC)(CC)C(=O)O)c3)n2)cc1. The molecule has 41 heavy (non-hydrogen) atoms. The van der Waals surface area contributed by atoms with Gasteiger partial charge >= 0.3 is 5.97 Å². The zero-order valence-corrected chi connectivity index (χ0v) is 24.7. The number of ether oxygens (including phenoxy) is 1. The van der Waals surface area contributed by atoms with Crippen molar-refractivity contribution in [2.75, 3.05) is 11.9 Å². The zero-order chi connectivity index (χ0) is 29.5. The molecule has 2 N–H and O–H groups in total. The molecule has 0 fully saturated rings. The molecule has 1 heterocycles. The van der Waals surface area contributed by atoms with E-state index in [0.717, 1.165) is 36.9 Å². The third-order valence-corrected chi connectivity index (χ3v) is 7.62. The minimum absolute atomic E-state index is 0.0572. The molecule has 0 spiro atoms. The summed E-state index contributed by atoms with van der Waals surface area (Å²) in [6.45, 7) is 6.45. The highest BCUT2D eigenvalue weighted by Gasteiger charge is 2.37. The van der Waals surface area contributed by atoms with Gasteiger partial charge < -0.3 is 15.2 Å². The van der Waals surface area contributed by atoms with Crippen LogP contribution in [0.25, 0.3) is 12.2 Å². The Balaban J connectivity index is 1.47. The monoisotopic (exact) mass is 556 g/mol. The molecule has 2 aromatic carbocycles. The van der Waals surface area contributed by atoms with E-state index >= 15 is 0 Å². The molecule has 6 heteroatoms. The van der Waals surface area contributed by atoms with Gasteiger partial charge in [-0.1, -0.05) is 75.7 Å². The van der Waals surface area contributed by atoms with Crippen molar-refractivity contribution in [3.05, 3.63) is 89.1 Å². The number of aliphatic carboxylic acids is 1. The van der Waals surface area contributed by atoms with E-state index in [9.17, 15) is 14.7 Å². The minimum Gasteiger partial charge on any atom is -0.481 e. The Labute approximate surface area is 244 Å². The van der Waals surface area contributed by atoms with Gasteiger partial charge in [0.25, 0.3) is 0 Å². The summed E-state index contributed by atoms with van der Waals surface area (Å²) in [6.07, 6.45) is 11.3. The maximum atomic E-state index is 12.6. The van der Waals surface area contributed by atoms with Gasteiger partial charge in [0, 0.05) is 18.2 Å². The molecule has 0 aliphatic heterocycles. The number of amides is 1. The number of aromatic nitrogens is 1. The normalized spacial score (nSPS) is 11.5. The third-order valence-electron chi connectivity index (χ3n) is 7.62. The maximum absolute atomic E-state index is 12.6. The number of unbranched alkanes of at least 4 members (excludes halogenated alkanes) is 2. The summed E-state index contributed by atoms with van der Waals surface area (Å²) in [4.78, 5) is 28.9. The van der Waals surface area contributed by atoms with Crippen molar-refractivity contribution in [2.24, 2.45) is 5.41 Å². The van der Waals surface area contributed by atoms with Gasteiger partial charge in [0.05, 0.1) is 17.7 Å². The van der Waals surface area contributed by atoms with Crippen molar-refractivity contribution in [1.82, 2.24) is 4.98 Å². The summed E-state index contributed by atoms with van der Waals surface area (Å²) in [7, 11) is 0. The van der Waals surface area contributed by atoms with E-state index in [1.807, 2.05) is 48.6 Å². The fourth-order valence-electron chi connectivity index (χ4n) is 4.76. The van der Waals surface area contributed by atoms with Crippen LogP contribution in [-0.4, -0.2) is 28.6 Å². The summed E-state index contributed by atoms with van der Waals surface area (Å²) in [6, 6.07) is 22.1. The number of carboxylic acid groups (broad SMARTS) is 1. The van der Waals surface area contributed by atoms with Crippen molar-refractivity contribution in [1.29, 1.82) is 0 Å². The predicted octanol–water partition coefficient (Wildman–Crippen LogP) is 8.22. The third kappa shape index (κ3) is 10.2. The first-order chi connectivity index (χ1) is 19.9. The molecular weight excluding hydrogens is 512 g/mol. The van der Waals surface area contributed by atoms with Crippen LogP contribution < -0.4 is 10.1 Å². The highest BCUT2D eigenvalue weighted by molar-refractivity contribution is 5.94. The van der Waals surface area contributed by atoms with Crippen LogP contribution >= 0.6 is 0 Å². The average Bonchev–Trinajstić information content (AvgIpc) is 2.98. The summed E-state index contributed by atoms with van der Waals surface area (Å²) in [5, 5.41) is 12.5. The van der Waals surface area contributed by atoms with Gasteiger partial charge in [-0.2, -0.15) is 0 Å². The molecule has 0 atom stereocenters. The molecule has 1 amide bonds. The Hall–Kier alpha value is -3.93. The Morgan fingerprint density at radius 3 is 2.22 bits per heavy atom. The number of hydrogen-bond donors (Lipinski definition) is 2. The molecule has 3 rings (SSSR count). The number of nitrogens with one attached hydrogen (secondary N) is 1. The number of aryl methyl sites for hydroxylation is 2. The van der Waals surface area contributed by atoms with E-state index in [4.69, 9.17) is 4.74 Å². The second kappa shape index (κ2) is 16.4. The molecule has 0 aliphatic rings. The van der Waals surface area contributed by atoms with Crippen molar-refractivity contribution < 1.29 is 19.4 Å². The van der Waals surface area contributed by atoms with Crippen LogP contribution in [0.5, 0.6) is 5.88 Å². The van der Waals surface area contributed by atoms with Gasteiger partial charge in [-0.15, -0.1) is 0 Å². The number of nitrogens with zero attached hydrogens (tertiary/aromatic N) is 1. The Morgan fingerprint density at radius 1 is 0.878 bits per heavy atom. The number of carbonyl (C=O) groups is 2. The summed E-state index contributed by atoms with van der Waals surface area (Å²) < 4.78 is 5.90. The number of carbonyl (C=O) groups excluding carboxylic acids is 1. The van der Waals surface area contributed by atoms with E-state index in [2.05, 4.69) is 41.5 Å². The van der Waals surface area contributed by atoms with Crippen LogP contribution in [0.4, 0.5) is 5.69 Å². The lowest BCUT2D eigenvalue weighted by Gasteiger charge is -2.25. The lowest BCUT2D eigenvalue weighted by Crippen LogP contribution is -2.34. The van der Waals surface area contributed by atoms with Gasteiger partial charge in [0.2, 0.25) is 11.8 Å². The molecule has 1 aromatic heterocycles. The van der Waals surface area contributed by atoms with Crippen LogP contribution in [0, 0.1) is 5.41 Å². The predicted molar refractivity (Wildman–Crippen MR) is 167 cm³/mol. The topological polar surface area (TPSA) is 88.5 Å². The van der Waals surface area contributed by atoms with Gasteiger partial charge in [0.1, 0.15) is 0 Å². The molecule has 218 valence electrons. The molecule has 0 bridgehead atoms. The first-order valence-electron chi connectivity index (χ1n) is 14.9. The van der Waals surface area contributed by atoms with Gasteiger partial charge in [-0.3, -0.25) is 9.59 Å². The van der Waals surface area contributed by atoms with E-state index in [-0.39, 0.29) is 12.3 Å². The van der Waals surface area contributed by atoms with Gasteiger partial charge in [0.15, 0.2) is 0 Å². The maximum Gasteiger partial charge on any atom is 0.310 e. The molecule has 0 saturated heterocycles. The fourth-order valence-corrected chi connectivity index (χ4v) is 4.76. The van der Waals surface area contributed by atoms with Crippen LogP contribution in [0.15, 0.2) is 66.7 Å². The molecule has 0 aliphatic carbocycles. The molecule has 0 saturated carbocycles. The highest BCUT2D eigenvalue weighted by Crippen LogP contribution is 2.31. The number of pyridine rings is 1. The largest absolute Gasteiger partial charge is 0.481 e. The van der Waals surface area contributed by atoms with Crippen LogP contribution in [-0.2, 0) is 22.4 Å². The van der Waals surface area contributed by atoms with E-state index in [1.165, 1.54) is 24.0 Å². The second-order valence-electron chi connectivity index (χ2n) is 10.6. The summed E-state index contributed by atoms with van der Waals surface area (Å²) in [5.74, 6) is -0.636. The van der Waals surface area contributed by atoms with E-state index in [0.29, 0.717) is 31.0 Å². The molecule has 6 nitrogen and oxygen atoms in total. The first kappa shape index (κ1) is 31.6. The van der Waals surface area contributed by atoms with Crippen LogP contribution in [0.3, 0.4) is 0 Å². The van der Waals surface area contributed by atoms with Crippen LogP contribution in [0.2, 0.25) is 0 Å². The lowest BCUT2D eigenvalue weighted by atomic mass is 9.79. The van der Waals surface area contributed by atoms with Gasteiger partial charge in [-0.05, 0) is 85.9 Å². The smallest absolute Gasteiger partial charge is 0.310 e. The number of benzene rings is 2. The van der Waals surface area contributed by atoms with Crippen molar-refractivity contribution in [3.8, 4) is 5.88 Å². The lowest BCUT2D eigenvalue weighted by molar-refractivity contribution is -0.151. The Morgan fingerprint density at radius 2 is 1.56 bits per heavy atom.